The van der Waals surface area contributed by atoms with Gasteiger partial charge >= 0.3 is 0 Å². The van der Waals surface area contributed by atoms with Gasteiger partial charge in [0.15, 0.2) is 0 Å². The molecule has 86 valence electrons. The van der Waals surface area contributed by atoms with Crippen molar-refractivity contribution in [2.45, 2.75) is 0 Å². The minimum atomic E-state index is 0.676. The van der Waals surface area contributed by atoms with E-state index in [-0.39, 0.29) is 0 Å². The summed E-state index contributed by atoms with van der Waals surface area (Å²) in [5.41, 5.74) is 8.33. The van der Waals surface area contributed by atoms with Crippen molar-refractivity contribution < 1.29 is 4.74 Å². The van der Waals surface area contributed by atoms with Gasteiger partial charge in [0.05, 0.1) is 17.6 Å². The van der Waals surface area contributed by atoms with E-state index >= 15 is 0 Å². The van der Waals surface area contributed by atoms with E-state index < -0.39 is 0 Å². The van der Waals surface area contributed by atoms with Crippen molar-refractivity contribution in [2.75, 3.05) is 37.9 Å². The number of imidazole rings is 1. The Balaban J connectivity index is 2.25. The lowest BCUT2D eigenvalue weighted by molar-refractivity contribution is 0.206. The van der Waals surface area contributed by atoms with Gasteiger partial charge in [-0.25, -0.2) is 4.98 Å². The molecule has 1 aromatic carbocycles. The van der Waals surface area contributed by atoms with Gasteiger partial charge in [0.1, 0.15) is 0 Å². The molecule has 0 atom stereocenters. The summed E-state index contributed by atoms with van der Waals surface area (Å²) in [5.74, 6) is 0.831. The number of nitrogens with zero attached hydrogens (tertiary/aromatic N) is 2. The minimum Gasteiger partial charge on any atom is -0.399 e. The summed E-state index contributed by atoms with van der Waals surface area (Å²) in [6, 6.07) is 5.65. The normalized spacial score (nSPS) is 10.9. The minimum absolute atomic E-state index is 0.676. The number of nitrogen functional groups attached to an aromatic ring is 1. The zero-order valence-corrected chi connectivity index (χ0v) is 9.53. The molecule has 16 heavy (non-hydrogen) atoms. The fourth-order valence-corrected chi connectivity index (χ4v) is 1.53. The zero-order chi connectivity index (χ0) is 11.5. The standard InChI is InChI=1S/C11H16N4O/c1-15(5-6-16-2)11-13-9-4-3-8(12)7-10(9)14-11/h3-4,7H,5-6,12H2,1-2H3,(H,13,14). The van der Waals surface area contributed by atoms with Crippen molar-refractivity contribution in [1.29, 1.82) is 0 Å². The van der Waals surface area contributed by atoms with Crippen LogP contribution in [0.15, 0.2) is 18.2 Å². The molecule has 0 aliphatic rings. The van der Waals surface area contributed by atoms with Gasteiger partial charge in [0, 0.05) is 26.4 Å². The van der Waals surface area contributed by atoms with Gasteiger partial charge in [-0.3, -0.25) is 0 Å². The molecule has 0 bridgehead atoms. The van der Waals surface area contributed by atoms with Crippen molar-refractivity contribution in [3.05, 3.63) is 18.2 Å². The first-order valence-corrected chi connectivity index (χ1v) is 5.16. The number of methoxy groups -OCH3 is 1. The largest absolute Gasteiger partial charge is 0.399 e. The number of nitrogens with one attached hydrogen (secondary N) is 1. The third-order valence-corrected chi connectivity index (χ3v) is 2.49. The van der Waals surface area contributed by atoms with E-state index in [4.69, 9.17) is 10.5 Å². The highest BCUT2D eigenvalue weighted by molar-refractivity contribution is 5.80. The van der Waals surface area contributed by atoms with Gasteiger partial charge in [0.25, 0.3) is 0 Å². The topological polar surface area (TPSA) is 67.2 Å². The van der Waals surface area contributed by atoms with E-state index in [1.807, 2.05) is 30.1 Å². The van der Waals surface area contributed by atoms with Crippen molar-refractivity contribution in [2.24, 2.45) is 0 Å². The number of likely N-dealkylation sites (N-methyl/N-ethyl adjacent to an activating group) is 1. The molecule has 0 fully saturated rings. The van der Waals surface area contributed by atoms with Gasteiger partial charge in [-0.05, 0) is 18.2 Å². The van der Waals surface area contributed by atoms with E-state index in [1.54, 1.807) is 7.11 Å². The van der Waals surface area contributed by atoms with Gasteiger partial charge in [-0.15, -0.1) is 0 Å². The van der Waals surface area contributed by atoms with Crippen LogP contribution in [-0.4, -0.2) is 37.3 Å². The van der Waals surface area contributed by atoms with Gasteiger partial charge in [-0.1, -0.05) is 0 Å². The molecule has 0 aliphatic carbocycles. The predicted octanol–water partition coefficient (Wildman–Crippen LogP) is 1.23. The molecular formula is C11H16N4O. The number of fused-ring (bicyclic) bond motifs is 1. The summed E-state index contributed by atoms with van der Waals surface area (Å²) < 4.78 is 5.02. The number of benzene rings is 1. The van der Waals surface area contributed by atoms with Gasteiger partial charge < -0.3 is 20.4 Å². The van der Waals surface area contributed by atoms with Crippen molar-refractivity contribution >= 4 is 22.7 Å². The molecule has 3 N–H and O–H groups in total. The molecular weight excluding hydrogens is 204 g/mol. The van der Waals surface area contributed by atoms with Crippen molar-refractivity contribution in [3.63, 3.8) is 0 Å². The van der Waals surface area contributed by atoms with E-state index in [9.17, 15) is 0 Å². The van der Waals surface area contributed by atoms with E-state index in [0.717, 1.165) is 29.2 Å². The van der Waals surface area contributed by atoms with Crippen LogP contribution in [0, 0.1) is 0 Å². The van der Waals surface area contributed by atoms with Crippen molar-refractivity contribution in [3.8, 4) is 0 Å². The Morgan fingerprint density at radius 2 is 2.31 bits per heavy atom. The second kappa shape index (κ2) is 4.40. The fraction of sp³-hybridized carbons (Fsp3) is 0.364. The predicted molar refractivity (Wildman–Crippen MR) is 65.7 cm³/mol. The van der Waals surface area contributed by atoms with Crippen LogP contribution in [0.25, 0.3) is 11.0 Å². The van der Waals surface area contributed by atoms with Crippen LogP contribution >= 0.6 is 0 Å². The second-order valence-electron chi connectivity index (χ2n) is 3.75. The number of anilines is 2. The number of ether oxygens (including phenoxy) is 1. The molecule has 1 heterocycles. The SMILES string of the molecule is COCCN(C)c1nc2ccc(N)cc2[nH]1. The molecule has 1 aromatic heterocycles. The maximum absolute atomic E-state index is 5.71. The lowest BCUT2D eigenvalue weighted by Crippen LogP contribution is -2.22. The Labute approximate surface area is 94.2 Å². The van der Waals surface area contributed by atoms with Crippen LogP contribution in [0.4, 0.5) is 11.6 Å². The molecule has 2 aromatic rings. The molecule has 5 heteroatoms. The number of hydrogen-bond donors (Lipinski definition) is 2. The summed E-state index contributed by atoms with van der Waals surface area (Å²) in [4.78, 5) is 9.70. The first-order valence-electron chi connectivity index (χ1n) is 5.16. The average molecular weight is 220 g/mol. The first kappa shape index (κ1) is 10.8. The monoisotopic (exact) mass is 220 g/mol. The second-order valence-corrected chi connectivity index (χ2v) is 3.75. The summed E-state index contributed by atoms with van der Waals surface area (Å²) in [6.07, 6.45) is 0. The number of nitrogens with two attached hydrogens (primary N) is 1. The Bertz CT molecular complexity index is 480. The molecule has 0 unspecified atom stereocenters. The lowest BCUT2D eigenvalue weighted by atomic mass is 10.3. The zero-order valence-electron chi connectivity index (χ0n) is 9.53. The smallest absolute Gasteiger partial charge is 0.203 e. The maximum atomic E-state index is 5.71. The van der Waals surface area contributed by atoms with Gasteiger partial charge in [-0.2, -0.15) is 0 Å². The average Bonchev–Trinajstić information content (AvgIpc) is 2.68. The van der Waals surface area contributed by atoms with Crippen LogP contribution in [-0.2, 0) is 4.74 Å². The van der Waals surface area contributed by atoms with Gasteiger partial charge in [0.2, 0.25) is 5.95 Å². The molecule has 0 amide bonds. The summed E-state index contributed by atoms with van der Waals surface area (Å²) in [5, 5.41) is 0. The number of rotatable bonds is 4. The highest BCUT2D eigenvalue weighted by atomic mass is 16.5. The molecule has 0 saturated carbocycles. The summed E-state index contributed by atoms with van der Waals surface area (Å²) in [7, 11) is 3.66. The third kappa shape index (κ3) is 2.09. The fourth-order valence-electron chi connectivity index (χ4n) is 1.53. The van der Waals surface area contributed by atoms with E-state index in [2.05, 4.69) is 9.97 Å². The third-order valence-electron chi connectivity index (χ3n) is 2.49. The summed E-state index contributed by atoms with van der Waals surface area (Å²) >= 11 is 0. The maximum Gasteiger partial charge on any atom is 0.203 e. The first-order chi connectivity index (χ1) is 7.70. The Hall–Kier alpha value is -1.75. The summed E-state index contributed by atoms with van der Waals surface area (Å²) in [6.45, 7) is 1.47. The van der Waals surface area contributed by atoms with Crippen LogP contribution < -0.4 is 10.6 Å². The molecule has 0 aliphatic heterocycles. The molecule has 0 radical (unpaired) electrons. The molecule has 0 saturated heterocycles. The lowest BCUT2D eigenvalue weighted by Gasteiger charge is -2.14. The highest BCUT2D eigenvalue weighted by Crippen LogP contribution is 2.18. The van der Waals surface area contributed by atoms with Crippen LogP contribution in [0.3, 0.4) is 0 Å². The molecule has 2 rings (SSSR count). The van der Waals surface area contributed by atoms with E-state index in [0.29, 0.717) is 6.61 Å². The Morgan fingerprint density at radius 1 is 1.50 bits per heavy atom. The molecule has 5 nitrogen and oxygen atoms in total. The number of aromatic nitrogens is 2. The number of H-pyrrole nitrogens is 1. The Kier molecular flexibility index (Phi) is 2.96. The van der Waals surface area contributed by atoms with Crippen molar-refractivity contribution in [1.82, 2.24) is 9.97 Å². The Morgan fingerprint density at radius 3 is 3.06 bits per heavy atom. The van der Waals surface area contributed by atoms with Crippen LogP contribution in [0.2, 0.25) is 0 Å². The van der Waals surface area contributed by atoms with Crippen LogP contribution in [0.5, 0.6) is 0 Å². The number of hydrogen-bond acceptors (Lipinski definition) is 4. The molecule has 0 spiro atoms. The van der Waals surface area contributed by atoms with E-state index in [1.165, 1.54) is 0 Å². The van der Waals surface area contributed by atoms with Crippen LogP contribution in [0.1, 0.15) is 0 Å². The quantitative estimate of drug-likeness (QED) is 0.760. The highest BCUT2D eigenvalue weighted by Gasteiger charge is 2.06. The number of aromatic amines is 1.